The van der Waals surface area contributed by atoms with Gasteiger partial charge in [-0.25, -0.2) is 4.68 Å². The number of hydrogen-bond acceptors (Lipinski definition) is 6. The summed E-state index contributed by atoms with van der Waals surface area (Å²) in [6.45, 7) is 5.34. The van der Waals surface area contributed by atoms with E-state index in [4.69, 9.17) is 9.47 Å². The highest BCUT2D eigenvalue weighted by Crippen LogP contribution is 2.19. The van der Waals surface area contributed by atoms with Gasteiger partial charge in [0.2, 0.25) is 5.91 Å². The Morgan fingerprint density at radius 1 is 1.12 bits per heavy atom. The van der Waals surface area contributed by atoms with E-state index in [9.17, 15) is 9.59 Å². The number of nitrogens with one attached hydrogen (secondary N) is 1. The number of rotatable bonds is 7. The first kappa shape index (κ1) is 22.0. The van der Waals surface area contributed by atoms with Crippen LogP contribution in [0.1, 0.15) is 17.3 Å². The van der Waals surface area contributed by atoms with Crippen LogP contribution in [0.25, 0.3) is 10.8 Å². The number of amides is 1. The number of fused-ring (bicyclic) bond motifs is 1. The van der Waals surface area contributed by atoms with Crippen molar-refractivity contribution in [2.24, 2.45) is 0 Å². The van der Waals surface area contributed by atoms with Gasteiger partial charge in [0.05, 0.1) is 37.4 Å². The van der Waals surface area contributed by atoms with E-state index in [1.165, 1.54) is 4.68 Å². The normalized spacial score (nSPS) is 15.4. The molecule has 0 saturated carbocycles. The Kier molecular flexibility index (Phi) is 6.82. The number of carbonyl (C=O) groups is 1. The number of carbonyl (C=O) groups excluding carboxylic acids is 1. The molecule has 1 saturated heterocycles. The molecule has 0 aliphatic carbocycles. The number of aryl methyl sites for hydroxylation is 1. The van der Waals surface area contributed by atoms with E-state index in [1.807, 2.05) is 49.4 Å². The Hall–Kier alpha value is -3.23. The molecule has 8 heteroatoms. The van der Waals surface area contributed by atoms with Crippen molar-refractivity contribution in [3.05, 3.63) is 70.1 Å². The third-order valence-electron chi connectivity index (χ3n) is 5.74. The minimum Gasteiger partial charge on any atom is -0.497 e. The second kappa shape index (κ2) is 9.93. The molecule has 1 aromatic heterocycles. The first-order chi connectivity index (χ1) is 15.5. The summed E-state index contributed by atoms with van der Waals surface area (Å²) in [5, 5.41) is 8.82. The number of aromatic nitrogens is 2. The van der Waals surface area contributed by atoms with Crippen molar-refractivity contribution in [1.82, 2.24) is 20.0 Å². The summed E-state index contributed by atoms with van der Waals surface area (Å²) >= 11 is 0. The van der Waals surface area contributed by atoms with Gasteiger partial charge in [-0.05, 0) is 30.7 Å². The highest BCUT2D eigenvalue weighted by molar-refractivity contribution is 5.83. The topological polar surface area (TPSA) is 85.7 Å². The van der Waals surface area contributed by atoms with Gasteiger partial charge in [-0.1, -0.05) is 30.3 Å². The summed E-state index contributed by atoms with van der Waals surface area (Å²) in [7, 11) is 1.62. The number of morpholine rings is 1. The number of hydrogen-bond donors (Lipinski definition) is 1. The van der Waals surface area contributed by atoms with Crippen LogP contribution >= 0.6 is 0 Å². The zero-order chi connectivity index (χ0) is 22.5. The Morgan fingerprint density at radius 2 is 1.81 bits per heavy atom. The third-order valence-corrected chi connectivity index (χ3v) is 5.74. The highest BCUT2D eigenvalue weighted by Gasteiger charge is 2.21. The maximum absolute atomic E-state index is 13.0. The van der Waals surface area contributed by atoms with Gasteiger partial charge >= 0.3 is 0 Å². The van der Waals surface area contributed by atoms with Crippen LogP contribution in [0.4, 0.5) is 0 Å². The fourth-order valence-electron chi connectivity index (χ4n) is 4.00. The van der Waals surface area contributed by atoms with Gasteiger partial charge in [0, 0.05) is 25.0 Å². The number of benzene rings is 2. The van der Waals surface area contributed by atoms with Gasteiger partial charge in [-0.3, -0.25) is 14.5 Å². The molecule has 4 rings (SSSR count). The molecule has 8 nitrogen and oxygen atoms in total. The summed E-state index contributed by atoms with van der Waals surface area (Å²) in [6, 6.07) is 14.8. The minimum absolute atomic E-state index is 0.139. The Morgan fingerprint density at radius 3 is 2.50 bits per heavy atom. The summed E-state index contributed by atoms with van der Waals surface area (Å²) in [5.41, 5.74) is 1.42. The van der Waals surface area contributed by atoms with Crippen LogP contribution in [0.3, 0.4) is 0 Å². The molecule has 2 heterocycles. The van der Waals surface area contributed by atoms with Crippen molar-refractivity contribution in [3.63, 3.8) is 0 Å². The predicted octanol–water partition coefficient (Wildman–Crippen LogP) is 1.90. The van der Waals surface area contributed by atoms with E-state index in [0.717, 1.165) is 29.8 Å². The lowest BCUT2D eigenvalue weighted by Gasteiger charge is -2.31. The van der Waals surface area contributed by atoms with Crippen LogP contribution in [-0.2, 0) is 16.1 Å². The molecule has 0 unspecified atom stereocenters. The number of methoxy groups -OCH3 is 1. The lowest BCUT2D eigenvalue weighted by atomic mass is 10.1. The smallest absolute Gasteiger partial charge is 0.275 e. The van der Waals surface area contributed by atoms with Crippen LogP contribution in [0.5, 0.6) is 5.75 Å². The fraction of sp³-hybridized carbons (Fsp3) is 0.375. The average molecular weight is 437 g/mol. The van der Waals surface area contributed by atoms with E-state index >= 15 is 0 Å². The molecule has 0 bridgehead atoms. The monoisotopic (exact) mass is 436 g/mol. The Bertz CT molecular complexity index is 1140. The molecular formula is C24H28N4O4. The summed E-state index contributed by atoms with van der Waals surface area (Å²) in [4.78, 5) is 28.1. The molecule has 1 fully saturated rings. The van der Waals surface area contributed by atoms with Crippen LogP contribution in [-0.4, -0.2) is 60.5 Å². The largest absolute Gasteiger partial charge is 0.497 e. The molecule has 1 aliphatic rings. The van der Waals surface area contributed by atoms with Gasteiger partial charge in [0.15, 0.2) is 0 Å². The van der Waals surface area contributed by atoms with Crippen molar-refractivity contribution in [3.8, 4) is 5.75 Å². The van der Waals surface area contributed by atoms with E-state index in [0.29, 0.717) is 30.8 Å². The van der Waals surface area contributed by atoms with Crippen molar-refractivity contribution in [2.75, 3.05) is 40.0 Å². The van der Waals surface area contributed by atoms with Crippen molar-refractivity contribution >= 4 is 16.7 Å². The van der Waals surface area contributed by atoms with Gasteiger partial charge in [0.25, 0.3) is 5.56 Å². The lowest BCUT2D eigenvalue weighted by Crippen LogP contribution is -2.44. The van der Waals surface area contributed by atoms with Crippen LogP contribution in [0.15, 0.2) is 53.3 Å². The standard InChI is InChI=1S/C24H28N4O4/c1-17-20-5-3-4-6-21(20)24(30)28(26-17)16-23(29)25-22(15-27-11-13-32-14-12-27)18-7-9-19(31-2)10-8-18/h3-10,22H,11-16H2,1-2H3,(H,25,29)/t22-/m1/s1. The third kappa shape index (κ3) is 4.98. The number of nitrogens with zero attached hydrogens (tertiary/aromatic N) is 3. The van der Waals surface area contributed by atoms with E-state index in [1.54, 1.807) is 13.2 Å². The molecule has 3 aromatic rings. The second-order valence-corrected chi connectivity index (χ2v) is 7.90. The molecule has 0 radical (unpaired) electrons. The quantitative estimate of drug-likeness (QED) is 0.609. The van der Waals surface area contributed by atoms with Gasteiger partial charge in [-0.2, -0.15) is 5.10 Å². The van der Waals surface area contributed by atoms with Crippen LogP contribution in [0.2, 0.25) is 0 Å². The molecule has 1 aliphatic heterocycles. The summed E-state index contributed by atoms with van der Waals surface area (Å²) in [5.74, 6) is 0.496. The summed E-state index contributed by atoms with van der Waals surface area (Å²) < 4.78 is 11.9. The van der Waals surface area contributed by atoms with Gasteiger partial charge in [0.1, 0.15) is 12.3 Å². The molecule has 1 amide bonds. The first-order valence-electron chi connectivity index (χ1n) is 10.7. The Balaban J connectivity index is 1.54. The highest BCUT2D eigenvalue weighted by atomic mass is 16.5. The Labute approximate surface area is 186 Å². The SMILES string of the molecule is COc1ccc([C@@H](CN2CCOCC2)NC(=O)Cn2nc(C)c3ccccc3c2=O)cc1. The molecule has 1 N–H and O–H groups in total. The number of ether oxygens (including phenoxy) is 2. The van der Waals surface area contributed by atoms with E-state index < -0.39 is 0 Å². The molecule has 2 aromatic carbocycles. The fourth-order valence-corrected chi connectivity index (χ4v) is 4.00. The van der Waals surface area contributed by atoms with Gasteiger partial charge in [-0.15, -0.1) is 0 Å². The first-order valence-corrected chi connectivity index (χ1v) is 10.7. The summed E-state index contributed by atoms with van der Waals surface area (Å²) in [6.07, 6.45) is 0. The maximum Gasteiger partial charge on any atom is 0.275 e. The minimum atomic E-state index is -0.268. The second-order valence-electron chi connectivity index (χ2n) is 7.90. The molecular weight excluding hydrogens is 408 g/mol. The van der Waals surface area contributed by atoms with E-state index in [2.05, 4.69) is 15.3 Å². The van der Waals surface area contributed by atoms with Crippen molar-refractivity contribution in [1.29, 1.82) is 0 Å². The molecule has 1 atom stereocenters. The lowest BCUT2D eigenvalue weighted by molar-refractivity contribution is -0.122. The zero-order valence-electron chi connectivity index (χ0n) is 18.4. The van der Waals surface area contributed by atoms with E-state index in [-0.39, 0.29) is 24.1 Å². The predicted molar refractivity (Wildman–Crippen MR) is 122 cm³/mol. The van der Waals surface area contributed by atoms with Gasteiger partial charge < -0.3 is 14.8 Å². The van der Waals surface area contributed by atoms with Crippen molar-refractivity contribution in [2.45, 2.75) is 19.5 Å². The molecule has 168 valence electrons. The molecule has 0 spiro atoms. The maximum atomic E-state index is 13.0. The average Bonchev–Trinajstić information content (AvgIpc) is 2.83. The van der Waals surface area contributed by atoms with Crippen molar-refractivity contribution < 1.29 is 14.3 Å². The molecule has 32 heavy (non-hydrogen) atoms. The van der Waals surface area contributed by atoms with Crippen LogP contribution < -0.4 is 15.6 Å². The van der Waals surface area contributed by atoms with Crippen LogP contribution in [0, 0.1) is 6.92 Å². The zero-order valence-corrected chi connectivity index (χ0v) is 18.4.